The van der Waals surface area contributed by atoms with Gasteiger partial charge in [-0.1, -0.05) is 71.8 Å². The molecule has 0 aliphatic heterocycles. The van der Waals surface area contributed by atoms with Crippen LogP contribution in [0.3, 0.4) is 0 Å². The minimum absolute atomic E-state index is 0.157. The van der Waals surface area contributed by atoms with Gasteiger partial charge in [0.05, 0.1) is 30.3 Å². The van der Waals surface area contributed by atoms with Crippen LogP contribution in [0.15, 0.2) is 54.9 Å². The summed E-state index contributed by atoms with van der Waals surface area (Å²) in [5.74, 6) is 2.36. The largest absolute Gasteiger partial charge is 0.496 e. The smallest absolute Gasteiger partial charge is 0.209 e. The van der Waals surface area contributed by atoms with Crippen molar-refractivity contribution in [3.63, 3.8) is 0 Å². The van der Waals surface area contributed by atoms with Gasteiger partial charge < -0.3 is 23.8 Å². The lowest BCUT2D eigenvalue weighted by molar-refractivity contribution is 0.0819. The standard InChI is InChI=1S/C39H56N6O3Si2/c1-39(2,3)50(8,9)48-26-28-15-17-35-33(23-28)41-38(45(35)30-13-11-10-12-14-30)42-37-31-24-29(32-25-40-20-19-36(32)46-4)16-18-34(31)44(43-37)27-47-21-22-49(5,6)7/h15-20,23-25,30H,10-14,21-22,26-27H2,1-9H3,(H,41,42,43). The van der Waals surface area contributed by atoms with Crippen LogP contribution >= 0.6 is 0 Å². The predicted octanol–water partition coefficient (Wildman–Crippen LogP) is 10.5. The van der Waals surface area contributed by atoms with Gasteiger partial charge in [-0.25, -0.2) is 9.67 Å². The molecule has 0 radical (unpaired) electrons. The van der Waals surface area contributed by atoms with E-state index >= 15 is 0 Å². The third-order valence-electron chi connectivity index (χ3n) is 10.6. The third-order valence-corrected chi connectivity index (χ3v) is 16.8. The van der Waals surface area contributed by atoms with E-state index in [-0.39, 0.29) is 5.04 Å². The molecule has 2 aromatic carbocycles. The Morgan fingerprint density at radius 1 is 0.940 bits per heavy atom. The fourth-order valence-corrected chi connectivity index (χ4v) is 8.18. The van der Waals surface area contributed by atoms with Crippen molar-refractivity contribution in [1.82, 2.24) is 24.3 Å². The highest BCUT2D eigenvalue weighted by Gasteiger charge is 2.37. The van der Waals surface area contributed by atoms with Crippen molar-refractivity contribution in [3.8, 4) is 16.9 Å². The first-order valence-electron chi connectivity index (χ1n) is 18.2. The Morgan fingerprint density at radius 3 is 2.42 bits per heavy atom. The molecule has 1 aliphatic carbocycles. The zero-order valence-electron chi connectivity index (χ0n) is 31.6. The Hall–Kier alpha value is -3.52. The number of nitrogens with one attached hydrogen (secondary N) is 1. The van der Waals surface area contributed by atoms with Crippen LogP contribution in [0.25, 0.3) is 33.1 Å². The molecule has 9 nitrogen and oxygen atoms in total. The van der Waals surface area contributed by atoms with Crippen LogP contribution in [0.1, 0.15) is 64.5 Å². The highest BCUT2D eigenvalue weighted by atomic mass is 28.4. The van der Waals surface area contributed by atoms with Gasteiger partial charge in [-0.05, 0) is 78.5 Å². The van der Waals surface area contributed by atoms with E-state index in [1.807, 2.05) is 16.9 Å². The molecule has 6 rings (SSSR count). The molecule has 5 aromatic rings. The first kappa shape index (κ1) is 36.3. The van der Waals surface area contributed by atoms with E-state index in [1.54, 1.807) is 13.3 Å². The number of methoxy groups -OCH3 is 1. The average molecular weight is 713 g/mol. The second kappa shape index (κ2) is 14.6. The van der Waals surface area contributed by atoms with Gasteiger partial charge in [0.1, 0.15) is 12.5 Å². The lowest BCUT2D eigenvalue weighted by Crippen LogP contribution is -2.40. The van der Waals surface area contributed by atoms with E-state index in [0.717, 1.165) is 81.6 Å². The molecule has 3 aromatic heterocycles. The maximum atomic E-state index is 6.60. The number of nitrogens with zero attached hydrogens (tertiary/aromatic N) is 5. The maximum Gasteiger partial charge on any atom is 0.209 e. The lowest BCUT2D eigenvalue weighted by Gasteiger charge is -2.36. The molecule has 1 N–H and O–H groups in total. The van der Waals surface area contributed by atoms with E-state index < -0.39 is 16.4 Å². The molecular weight excluding hydrogens is 657 g/mol. The van der Waals surface area contributed by atoms with Gasteiger partial charge in [0.2, 0.25) is 5.95 Å². The topological polar surface area (TPSA) is 88.3 Å². The number of pyridine rings is 1. The van der Waals surface area contributed by atoms with Crippen molar-refractivity contribution in [3.05, 3.63) is 60.4 Å². The Labute approximate surface area is 299 Å². The van der Waals surface area contributed by atoms with Crippen molar-refractivity contribution in [2.24, 2.45) is 0 Å². The van der Waals surface area contributed by atoms with Crippen LogP contribution < -0.4 is 10.1 Å². The number of anilines is 2. The van der Waals surface area contributed by atoms with Crippen LogP contribution in [0, 0.1) is 0 Å². The fourth-order valence-electron chi connectivity index (χ4n) is 6.46. The van der Waals surface area contributed by atoms with E-state index in [9.17, 15) is 0 Å². The Bertz CT molecular complexity index is 1930. The number of benzene rings is 2. The van der Waals surface area contributed by atoms with Crippen LogP contribution in [0.4, 0.5) is 11.8 Å². The summed E-state index contributed by atoms with van der Waals surface area (Å²) in [6.07, 6.45) is 9.63. The SMILES string of the molecule is COc1ccncc1-c1ccc2c(c1)c(Nc1nc3cc(CO[Si](C)(C)C(C)(C)C)ccc3n1C1CCCCC1)nn2COCC[Si](C)(C)C. The summed E-state index contributed by atoms with van der Waals surface area (Å²) in [5.41, 5.74) is 6.23. The summed E-state index contributed by atoms with van der Waals surface area (Å²) in [5, 5.41) is 10.0. The van der Waals surface area contributed by atoms with E-state index in [1.165, 1.54) is 19.3 Å². The van der Waals surface area contributed by atoms with Gasteiger partial charge in [-0.3, -0.25) is 4.98 Å². The Balaban J connectivity index is 1.40. The summed E-state index contributed by atoms with van der Waals surface area (Å²) in [7, 11) is -1.41. The van der Waals surface area contributed by atoms with E-state index in [0.29, 0.717) is 19.4 Å². The van der Waals surface area contributed by atoms with Crippen molar-refractivity contribution < 1.29 is 13.9 Å². The summed E-state index contributed by atoms with van der Waals surface area (Å²) >= 11 is 0. The molecule has 0 spiro atoms. The van der Waals surface area contributed by atoms with Gasteiger partial charge in [-0.2, -0.15) is 5.10 Å². The quantitative estimate of drug-likeness (QED) is 0.0960. The number of ether oxygens (including phenoxy) is 2. The molecule has 1 aliphatic rings. The molecule has 0 unspecified atom stereocenters. The molecule has 50 heavy (non-hydrogen) atoms. The highest BCUT2D eigenvalue weighted by molar-refractivity contribution is 6.76. The Kier molecular flexibility index (Phi) is 10.6. The van der Waals surface area contributed by atoms with Crippen LogP contribution in [0.5, 0.6) is 5.75 Å². The zero-order chi connectivity index (χ0) is 35.7. The van der Waals surface area contributed by atoms with Gasteiger partial charge >= 0.3 is 0 Å². The normalized spacial score (nSPS) is 14.9. The number of hydrogen-bond acceptors (Lipinski definition) is 7. The lowest BCUT2D eigenvalue weighted by atomic mass is 9.95. The molecule has 0 saturated heterocycles. The maximum absolute atomic E-state index is 6.60. The second-order valence-corrected chi connectivity index (χ2v) is 27.0. The molecule has 3 heterocycles. The van der Waals surface area contributed by atoms with E-state index in [4.69, 9.17) is 24.0 Å². The molecule has 11 heteroatoms. The second-order valence-electron chi connectivity index (χ2n) is 16.6. The third kappa shape index (κ3) is 8.01. The monoisotopic (exact) mass is 712 g/mol. The average Bonchev–Trinajstić information content (AvgIpc) is 3.61. The predicted molar refractivity (Wildman–Crippen MR) is 211 cm³/mol. The van der Waals surface area contributed by atoms with Crippen LogP contribution in [0.2, 0.25) is 43.8 Å². The summed E-state index contributed by atoms with van der Waals surface area (Å²) < 4.78 is 22.9. The van der Waals surface area contributed by atoms with Crippen molar-refractivity contribution >= 4 is 50.1 Å². The Morgan fingerprint density at radius 2 is 1.70 bits per heavy atom. The van der Waals surface area contributed by atoms with Crippen LogP contribution in [-0.4, -0.2) is 54.4 Å². The van der Waals surface area contributed by atoms with Crippen molar-refractivity contribution in [1.29, 1.82) is 0 Å². The first-order valence-corrected chi connectivity index (χ1v) is 24.8. The molecule has 0 bridgehead atoms. The van der Waals surface area contributed by atoms with E-state index in [2.05, 4.69) is 105 Å². The van der Waals surface area contributed by atoms with Crippen molar-refractivity contribution in [2.45, 2.75) is 116 Å². The summed E-state index contributed by atoms with van der Waals surface area (Å²) in [6.45, 7) is 20.3. The minimum Gasteiger partial charge on any atom is -0.496 e. The van der Waals surface area contributed by atoms with Gasteiger partial charge in [0.15, 0.2) is 14.1 Å². The first-order chi connectivity index (χ1) is 23.7. The molecule has 0 atom stereocenters. The summed E-state index contributed by atoms with van der Waals surface area (Å²) in [4.78, 5) is 9.66. The zero-order valence-corrected chi connectivity index (χ0v) is 33.6. The highest BCUT2D eigenvalue weighted by Crippen LogP contribution is 2.39. The fraction of sp³-hybridized carbons (Fsp3) is 0.513. The number of imidazole rings is 1. The van der Waals surface area contributed by atoms with Crippen LogP contribution in [-0.2, 0) is 22.5 Å². The molecule has 1 fully saturated rings. The molecule has 268 valence electrons. The molecule has 0 amide bonds. The number of aromatic nitrogens is 5. The van der Waals surface area contributed by atoms with Crippen molar-refractivity contribution in [2.75, 3.05) is 19.0 Å². The number of hydrogen-bond donors (Lipinski definition) is 1. The summed E-state index contributed by atoms with van der Waals surface area (Å²) in [6, 6.07) is 16.4. The number of rotatable bonds is 13. The van der Waals surface area contributed by atoms with Gasteiger partial charge in [0, 0.05) is 44.1 Å². The van der Waals surface area contributed by atoms with Gasteiger partial charge in [0.25, 0.3) is 0 Å². The number of fused-ring (bicyclic) bond motifs is 2. The molecule has 1 saturated carbocycles. The van der Waals surface area contributed by atoms with Gasteiger partial charge in [-0.15, -0.1) is 0 Å². The molecular formula is C39H56N6O3Si2. The minimum atomic E-state index is -1.89.